The molecule has 0 bridgehead atoms. The molecule has 1 aromatic rings. The number of hydrogen-bond acceptors (Lipinski definition) is 4. The van der Waals surface area contributed by atoms with E-state index in [1.807, 2.05) is 20.8 Å². The third kappa shape index (κ3) is 5.41. The predicted octanol–water partition coefficient (Wildman–Crippen LogP) is -0.115. The fourth-order valence-electron chi connectivity index (χ4n) is 1.44. The first kappa shape index (κ1) is 15.0. The van der Waals surface area contributed by atoms with E-state index in [4.69, 9.17) is 5.73 Å². The Balaban J connectivity index is 2.46. The Morgan fingerprint density at radius 2 is 2.11 bits per heavy atom. The number of nitrogens with two attached hydrogens (primary N) is 1. The summed E-state index contributed by atoms with van der Waals surface area (Å²) >= 11 is 0. The van der Waals surface area contributed by atoms with Crippen molar-refractivity contribution in [2.75, 3.05) is 5.73 Å². The monoisotopic (exact) mass is 267 g/mol. The molecule has 0 radical (unpaired) electrons. The number of carbonyl (C=O) groups is 2. The number of aromatic nitrogens is 2. The summed E-state index contributed by atoms with van der Waals surface area (Å²) < 4.78 is 1.42. The number of rotatable bonds is 4. The molecule has 106 valence electrons. The van der Waals surface area contributed by atoms with Crippen molar-refractivity contribution in [2.24, 2.45) is 0 Å². The third-order valence-electron chi connectivity index (χ3n) is 2.24. The van der Waals surface area contributed by atoms with Gasteiger partial charge in [-0.15, -0.1) is 0 Å². The molecule has 1 aromatic heterocycles. The van der Waals surface area contributed by atoms with Crippen molar-refractivity contribution < 1.29 is 9.59 Å². The maximum absolute atomic E-state index is 11.8. The van der Waals surface area contributed by atoms with Gasteiger partial charge in [-0.1, -0.05) is 0 Å². The summed E-state index contributed by atoms with van der Waals surface area (Å²) in [4.78, 5) is 23.5. The third-order valence-corrected chi connectivity index (χ3v) is 2.24. The van der Waals surface area contributed by atoms with Crippen molar-refractivity contribution >= 4 is 17.6 Å². The zero-order valence-electron chi connectivity index (χ0n) is 11.7. The van der Waals surface area contributed by atoms with Gasteiger partial charge in [0.2, 0.25) is 11.8 Å². The van der Waals surface area contributed by atoms with Crippen LogP contribution in [0.2, 0.25) is 0 Å². The molecule has 0 fully saturated rings. The molecule has 4 N–H and O–H groups in total. The van der Waals surface area contributed by atoms with Crippen molar-refractivity contribution in [2.45, 2.75) is 45.8 Å². The SMILES string of the molecule is CC(NC(=O)Cn1ccc(N)n1)C(=O)NC(C)(C)C. The van der Waals surface area contributed by atoms with E-state index in [0.29, 0.717) is 5.82 Å². The molecule has 0 saturated heterocycles. The topological polar surface area (TPSA) is 102 Å². The van der Waals surface area contributed by atoms with Crippen molar-refractivity contribution in [1.29, 1.82) is 0 Å². The quantitative estimate of drug-likeness (QED) is 0.708. The van der Waals surface area contributed by atoms with Crippen molar-refractivity contribution in [1.82, 2.24) is 20.4 Å². The molecule has 1 heterocycles. The fraction of sp³-hybridized carbons (Fsp3) is 0.583. The van der Waals surface area contributed by atoms with Crippen LogP contribution in [0.25, 0.3) is 0 Å². The lowest BCUT2D eigenvalue weighted by Gasteiger charge is -2.23. The molecule has 1 atom stereocenters. The van der Waals surface area contributed by atoms with Crippen LogP contribution in [0.3, 0.4) is 0 Å². The van der Waals surface area contributed by atoms with Crippen LogP contribution in [-0.2, 0) is 16.1 Å². The minimum absolute atomic E-state index is 0.0321. The minimum atomic E-state index is -0.598. The summed E-state index contributed by atoms with van der Waals surface area (Å²) in [5, 5.41) is 9.30. The summed E-state index contributed by atoms with van der Waals surface area (Å²) in [6.45, 7) is 7.31. The van der Waals surface area contributed by atoms with Gasteiger partial charge in [-0.3, -0.25) is 14.3 Å². The molecule has 7 nitrogen and oxygen atoms in total. The van der Waals surface area contributed by atoms with Gasteiger partial charge < -0.3 is 16.4 Å². The van der Waals surface area contributed by atoms with E-state index in [0.717, 1.165) is 0 Å². The van der Waals surface area contributed by atoms with E-state index >= 15 is 0 Å². The summed E-state index contributed by atoms with van der Waals surface area (Å²) in [6.07, 6.45) is 1.61. The second-order valence-corrected chi connectivity index (χ2v) is 5.47. The molecule has 0 aromatic carbocycles. The van der Waals surface area contributed by atoms with E-state index in [1.54, 1.807) is 19.2 Å². The van der Waals surface area contributed by atoms with Crippen LogP contribution >= 0.6 is 0 Å². The van der Waals surface area contributed by atoms with Crippen LogP contribution < -0.4 is 16.4 Å². The molecule has 19 heavy (non-hydrogen) atoms. The van der Waals surface area contributed by atoms with E-state index in [2.05, 4.69) is 15.7 Å². The molecule has 2 amide bonds. The van der Waals surface area contributed by atoms with Crippen molar-refractivity contribution in [3.8, 4) is 0 Å². The maximum Gasteiger partial charge on any atom is 0.242 e. The standard InChI is InChI=1S/C12H21N5O2/c1-8(11(19)15-12(2,3)4)14-10(18)7-17-6-5-9(13)16-17/h5-6,8H,7H2,1-4H3,(H2,13,16)(H,14,18)(H,15,19). The average Bonchev–Trinajstić information content (AvgIpc) is 2.60. The molecule has 1 rings (SSSR count). The fourth-order valence-corrected chi connectivity index (χ4v) is 1.44. The lowest BCUT2D eigenvalue weighted by molar-refractivity contribution is -0.129. The highest BCUT2D eigenvalue weighted by Crippen LogP contribution is 2.00. The molecule has 0 saturated carbocycles. The van der Waals surface area contributed by atoms with Crippen molar-refractivity contribution in [3.63, 3.8) is 0 Å². The first-order valence-corrected chi connectivity index (χ1v) is 6.08. The Morgan fingerprint density at radius 3 is 2.58 bits per heavy atom. The smallest absolute Gasteiger partial charge is 0.242 e. The lowest BCUT2D eigenvalue weighted by Crippen LogP contribution is -2.51. The summed E-state index contributed by atoms with van der Waals surface area (Å²) in [5.74, 6) is -0.160. The van der Waals surface area contributed by atoms with E-state index in [9.17, 15) is 9.59 Å². The Hall–Kier alpha value is -2.05. The number of amides is 2. The van der Waals surface area contributed by atoms with Crippen LogP contribution in [0.5, 0.6) is 0 Å². The predicted molar refractivity (Wildman–Crippen MR) is 72.1 cm³/mol. The largest absolute Gasteiger partial charge is 0.382 e. The van der Waals surface area contributed by atoms with Crippen LogP contribution in [0.1, 0.15) is 27.7 Å². The van der Waals surface area contributed by atoms with Gasteiger partial charge >= 0.3 is 0 Å². The van der Waals surface area contributed by atoms with Gasteiger partial charge in [-0.05, 0) is 33.8 Å². The van der Waals surface area contributed by atoms with Gasteiger partial charge in [-0.2, -0.15) is 5.10 Å². The zero-order valence-corrected chi connectivity index (χ0v) is 11.7. The Morgan fingerprint density at radius 1 is 1.47 bits per heavy atom. The molecule has 0 aliphatic carbocycles. The number of nitrogen functional groups attached to an aromatic ring is 1. The Bertz CT molecular complexity index is 461. The van der Waals surface area contributed by atoms with Crippen LogP contribution in [0.4, 0.5) is 5.82 Å². The highest BCUT2D eigenvalue weighted by molar-refractivity contribution is 5.87. The second-order valence-electron chi connectivity index (χ2n) is 5.47. The molecule has 7 heteroatoms. The highest BCUT2D eigenvalue weighted by Gasteiger charge is 2.20. The van der Waals surface area contributed by atoms with E-state index in [1.165, 1.54) is 4.68 Å². The number of hydrogen-bond donors (Lipinski definition) is 3. The average molecular weight is 267 g/mol. The van der Waals surface area contributed by atoms with Gasteiger partial charge in [-0.25, -0.2) is 0 Å². The molecule has 0 spiro atoms. The minimum Gasteiger partial charge on any atom is -0.382 e. The number of carbonyl (C=O) groups excluding carboxylic acids is 2. The molecular formula is C12H21N5O2. The molecule has 0 aliphatic heterocycles. The lowest BCUT2D eigenvalue weighted by atomic mass is 10.1. The normalized spacial score (nSPS) is 12.8. The Kier molecular flexibility index (Phi) is 4.52. The summed E-state index contributed by atoms with van der Waals surface area (Å²) in [6, 6.07) is 1.00. The molecular weight excluding hydrogens is 246 g/mol. The van der Waals surface area contributed by atoms with Crippen LogP contribution in [-0.4, -0.2) is 33.2 Å². The summed E-state index contributed by atoms with van der Waals surface area (Å²) in [5.41, 5.74) is 5.12. The molecule has 0 aliphatic rings. The highest BCUT2D eigenvalue weighted by atomic mass is 16.2. The number of anilines is 1. The number of nitrogens with zero attached hydrogens (tertiary/aromatic N) is 2. The zero-order chi connectivity index (χ0) is 14.6. The van der Waals surface area contributed by atoms with Crippen molar-refractivity contribution in [3.05, 3.63) is 12.3 Å². The van der Waals surface area contributed by atoms with Gasteiger partial charge in [0.05, 0.1) is 0 Å². The van der Waals surface area contributed by atoms with E-state index in [-0.39, 0.29) is 23.9 Å². The van der Waals surface area contributed by atoms with Crippen LogP contribution in [0, 0.1) is 0 Å². The Labute approximate surface area is 112 Å². The number of nitrogens with one attached hydrogen (secondary N) is 2. The van der Waals surface area contributed by atoms with Gasteiger partial charge in [0.15, 0.2) is 0 Å². The van der Waals surface area contributed by atoms with Gasteiger partial charge in [0.25, 0.3) is 0 Å². The first-order chi connectivity index (χ1) is 8.67. The van der Waals surface area contributed by atoms with E-state index < -0.39 is 6.04 Å². The van der Waals surface area contributed by atoms with Crippen LogP contribution in [0.15, 0.2) is 12.3 Å². The maximum atomic E-state index is 11.8. The molecule has 1 unspecified atom stereocenters. The summed E-state index contributed by atoms with van der Waals surface area (Å²) in [7, 11) is 0. The first-order valence-electron chi connectivity index (χ1n) is 6.08. The second kappa shape index (κ2) is 5.73. The van der Waals surface area contributed by atoms with Gasteiger partial charge in [0.1, 0.15) is 18.4 Å². The van der Waals surface area contributed by atoms with Gasteiger partial charge in [0, 0.05) is 11.7 Å².